The summed E-state index contributed by atoms with van der Waals surface area (Å²) in [6, 6.07) is 4.14. The molecule has 1 aromatic carbocycles. The quantitative estimate of drug-likeness (QED) is 0.592. The number of aromatic nitrogens is 4. The van der Waals surface area contributed by atoms with Crippen LogP contribution in [0.15, 0.2) is 12.1 Å². The molecule has 2 N–H and O–H groups in total. The van der Waals surface area contributed by atoms with Crippen LogP contribution in [0.3, 0.4) is 0 Å². The summed E-state index contributed by atoms with van der Waals surface area (Å²) in [5, 5.41) is 7.96. The number of carbonyl (C=O) groups excluding carboxylic acids is 1. The molecule has 0 spiro atoms. The molecule has 2 fully saturated rings. The van der Waals surface area contributed by atoms with Crippen LogP contribution >= 0.6 is 0 Å². The van der Waals surface area contributed by atoms with E-state index in [-0.39, 0.29) is 11.8 Å². The number of rotatable bonds is 4. The van der Waals surface area contributed by atoms with Gasteiger partial charge in [-0.2, -0.15) is 5.10 Å². The Kier molecular flexibility index (Phi) is 4.93. The number of amides is 1. The molecule has 0 unspecified atom stereocenters. The van der Waals surface area contributed by atoms with Crippen molar-refractivity contribution in [2.24, 2.45) is 29.1 Å². The number of nitrogens with one attached hydrogen (secondary N) is 2. The molecule has 1 saturated heterocycles. The second kappa shape index (κ2) is 7.67. The van der Waals surface area contributed by atoms with E-state index in [4.69, 9.17) is 9.72 Å². The average molecular weight is 462 g/mol. The van der Waals surface area contributed by atoms with E-state index in [0.29, 0.717) is 11.3 Å². The third-order valence-corrected chi connectivity index (χ3v) is 9.39. The second-order valence-corrected chi connectivity index (χ2v) is 11.2. The number of H-pyrrole nitrogens is 2. The molecular formula is C27H35N5O2. The third kappa shape index (κ3) is 3.23. The van der Waals surface area contributed by atoms with Gasteiger partial charge in [0.1, 0.15) is 5.69 Å². The van der Waals surface area contributed by atoms with E-state index in [0.717, 1.165) is 84.5 Å². The first-order valence-electron chi connectivity index (χ1n) is 12.7. The van der Waals surface area contributed by atoms with Crippen LogP contribution in [-0.2, 0) is 22.4 Å². The molecule has 3 heterocycles. The first kappa shape index (κ1) is 21.8. The monoisotopic (exact) mass is 461 g/mol. The lowest BCUT2D eigenvalue weighted by Crippen LogP contribution is -2.37. The molecule has 3 aliphatic rings. The maximum absolute atomic E-state index is 13.3. The van der Waals surface area contributed by atoms with E-state index in [1.165, 1.54) is 11.3 Å². The van der Waals surface area contributed by atoms with Crippen LogP contribution in [0.5, 0.6) is 0 Å². The van der Waals surface area contributed by atoms with Gasteiger partial charge in [-0.25, -0.2) is 4.98 Å². The molecule has 7 heteroatoms. The van der Waals surface area contributed by atoms with Crippen molar-refractivity contribution in [3.63, 3.8) is 0 Å². The van der Waals surface area contributed by atoms with E-state index in [1.54, 1.807) is 0 Å². The van der Waals surface area contributed by atoms with Crippen LogP contribution in [0.4, 0.5) is 5.69 Å². The number of benzene rings is 1. The summed E-state index contributed by atoms with van der Waals surface area (Å²) in [5.74, 6) is 2.83. The van der Waals surface area contributed by atoms with Crippen LogP contribution in [-0.4, -0.2) is 46.3 Å². The van der Waals surface area contributed by atoms with Crippen molar-refractivity contribution in [3.8, 4) is 11.5 Å². The Morgan fingerprint density at radius 1 is 1.29 bits per heavy atom. The van der Waals surface area contributed by atoms with Gasteiger partial charge in [0.05, 0.1) is 11.0 Å². The predicted molar refractivity (Wildman–Crippen MR) is 133 cm³/mol. The molecule has 1 amide bonds. The third-order valence-electron chi connectivity index (χ3n) is 9.39. The smallest absolute Gasteiger partial charge is 0.229 e. The Hall–Kier alpha value is -2.67. The zero-order chi connectivity index (χ0) is 23.8. The van der Waals surface area contributed by atoms with Crippen molar-refractivity contribution < 1.29 is 9.53 Å². The minimum atomic E-state index is -0.0233. The molecule has 0 bridgehead atoms. The topological polar surface area (TPSA) is 86.9 Å². The molecule has 1 aliphatic heterocycles. The molecule has 2 aliphatic carbocycles. The number of fused-ring (bicyclic) bond motifs is 3. The van der Waals surface area contributed by atoms with E-state index >= 15 is 0 Å². The number of imidazole rings is 1. The largest absolute Gasteiger partial charge is 0.381 e. The van der Waals surface area contributed by atoms with E-state index in [9.17, 15) is 4.79 Å². The maximum Gasteiger partial charge on any atom is 0.229 e. The van der Waals surface area contributed by atoms with Gasteiger partial charge in [-0.15, -0.1) is 0 Å². The van der Waals surface area contributed by atoms with Crippen LogP contribution in [0.25, 0.3) is 22.6 Å². The summed E-state index contributed by atoms with van der Waals surface area (Å²) in [5.41, 5.74) is 7.78. The van der Waals surface area contributed by atoms with Crippen molar-refractivity contribution in [2.45, 2.75) is 53.4 Å². The number of ether oxygens (including phenoxy) is 1. The van der Waals surface area contributed by atoms with E-state index < -0.39 is 0 Å². The molecule has 3 aromatic rings. The Bertz CT molecular complexity index is 1270. The Morgan fingerprint density at radius 3 is 2.82 bits per heavy atom. The predicted octanol–water partition coefficient (Wildman–Crippen LogP) is 4.66. The van der Waals surface area contributed by atoms with Crippen molar-refractivity contribution in [1.29, 1.82) is 0 Å². The van der Waals surface area contributed by atoms with Gasteiger partial charge in [0, 0.05) is 43.1 Å². The molecule has 2 aromatic heterocycles. The molecular weight excluding hydrogens is 426 g/mol. The van der Waals surface area contributed by atoms with Gasteiger partial charge in [0.15, 0.2) is 5.82 Å². The Balaban J connectivity index is 1.29. The molecule has 4 atom stereocenters. The normalized spacial score (nSPS) is 27.3. The molecule has 7 nitrogen and oxygen atoms in total. The zero-order valence-corrected chi connectivity index (χ0v) is 20.9. The molecule has 1 saturated carbocycles. The highest BCUT2D eigenvalue weighted by Gasteiger charge is 2.60. The fraction of sp³-hybridized carbons (Fsp3) is 0.593. The van der Waals surface area contributed by atoms with Gasteiger partial charge >= 0.3 is 0 Å². The van der Waals surface area contributed by atoms with Crippen LogP contribution in [0, 0.1) is 36.0 Å². The number of aromatic amines is 2. The first-order chi connectivity index (χ1) is 16.3. The molecule has 6 rings (SSSR count). The lowest BCUT2D eigenvalue weighted by atomic mass is 9.86. The van der Waals surface area contributed by atoms with Crippen molar-refractivity contribution in [3.05, 3.63) is 29.0 Å². The highest BCUT2D eigenvalue weighted by Crippen LogP contribution is 2.64. The highest BCUT2D eigenvalue weighted by atomic mass is 16.5. The van der Waals surface area contributed by atoms with E-state index in [2.05, 4.69) is 48.9 Å². The summed E-state index contributed by atoms with van der Waals surface area (Å²) < 4.78 is 5.48. The lowest BCUT2D eigenvalue weighted by Gasteiger charge is -2.30. The van der Waals surface area contributed by atoms with Gasteiger partial charge in [-0.3, -0.25) is 9.89 Å². The standard InChI is InChI=1S/C27H35N5O2/c1-14-10-20-21(12-23(14)32(5)26(33)15(2)17-6-8-34-9-7-17)29-25(28-20)24-18-11-19-16(3)27(19,4)13-22(18)30-31-24/h10,12,15-17,19H,6-9,11,13H2,1-5H3,(H,28,29)(H,30,31)/t15-,16+,19-,27+/m1/s1. The minimum absolute atomic E-state index is 0.0233. The summed E-state index contributed by atoms with van der Waals surface area (Å²) in [6.45, 7) is 10.4. The van der Waals surface area contributed by atoms with Crippen LogP contribution < -0.4 is 4.90 Å². The SMILES string of the molecule is Cc1cc2[nH]c(-c3n[nH]c4c3C[C@@H]3[C@H](C)[C@]3(C)C4)nc2cc1N(C)C(=O)[C@H](C)C1CCOCC1. The fourth-order valence-corrected chi connectivity index (χ4v) is 6.65. The second-order valence-electron chi connectivity index (χ2n) is 11.2. The summed E-state index contributed by atoms with van der Waals surface area (Å²) in [7, 11) is 1.89. The summed E-state index contributed by atoms with van der Waals surface area (Å²) in [4.78, 5) is 23.5. The van der Waals surface area contributed by atoms with Crippen molar-refractivity contribution in [2.75, 3.05) is 25.2 Å². The summed E-state index contributed by atoms with van der Waals surface area (Å²) >= 11 is 0. The Morgan fingerprint density at radius 2 is 2.06 bits per heavy atom. The molecule has 0 radical (unpaired) electrons. The zero-order valence-electron chi connectivity index (χ0n) is 20.9. The van der Waals surface area contributed by atoms with Crippen molar-refractivity contribution >= 4 is 22.6 Å². The van der Waals surface area contributed by atoms with Gasteiger partial charge in [0.25, 0.3) is 0 Å². The van der Waals surface area contributed by atoms with Gasteiger partial charge < -0.3 is 14.6 Å². The fourth-order valence-electron chi connectivity index (χ4n) is 6.65. The Labute approximate surface area is 200 Å². The van der Waals surface area contributed by atoms with E-state index in [1.807, 2.05) is 18.0 Å². The molecule has 180 valence electrons. The minimum Gasteiger partial charge on any atom is -0.381 e. The number of hydrogen-bond acceptors (Lipinski definition) is 4. The highest BCUT2D eigenvalue weighted by molar-refractivity contribution is 5.97. The van der Waals surface area contributed by atoms with Gasteiger partial charge in [-0.05, 0) is 73.5 Å². The number of aryl methyl sites for hydroxylation is 1. The number of carbonyl (C=O) groups is 1. The number of nitrogens with zero attached hydrogens (tertiary/aromatic N) is 3. The number of anilines is 1. The maximum atomic E-state index is 13.3. The van der Waals surface area contributed by atoms with Crippen molar-refractivity contribution in [1.82, 2.24) is 20.2 Å². The van der Waals surface area contributed by atoms with Crippen LogP contribution in [0.1, 0.15) is 50.4 Å². The van der Waals surface area contributed by atoms with Gasteiger partial charge in [0.2, 0.25) is 5.91 Å². The first-order valence-corrected chi connectivity index (χ1v) is 12.7. The number of hydrogen-bond donors (Lipinski definition) is 2. The summed E-state index contributed by atoms with van der Waals surface area (Å²) in [6.07, 6.45) is 4.05. The van der Waals surface area contributed by atoms with Crippen LogP contribution in [0.2, 0.25) is 0 Å². The molecule has 34 heavy (non-hydrogen) atoms. The lowest BCUT2D eigenvalue weighted by molar-refractivity contribution is -0.124. The van der Waals surface area contributed by atoms with Gasteiger partial charge in [-0.1, -0.05) is 20.8 Å². The average Bonchev–Trinajstić information content (AvgIpc) is 3.18.